The first-order valence-corrected chi connectivity index (χ1v) is 6.88. The number of nitrogens with zero attached hydrogens (tertiary/aromatic N) is 2. The number of nitrogen functional groups attached to an aromatic ring is 1. The van der Waals surface area contributed by atoms with Crippen LogP contribution in [0.5, 0.6) is 0 Å². The first kappa shape index (κ1) is 10.8. The third-order valence-electron chi connectivity index (χ3n) is 2.22. The maximum Gasteiger partial charge on any atom is 0.198 e. The second-order valence-electron chi connectivity index (χ2n) is 3.19. The molecule has 1 unspecified atom stereocenters. The fourth-order valence-corrected chi connectivity index (χ4v) is 2.45. The van der Waals surface area contributed by atoms with Gasteiger partial charge in [0, 0.05) is 12.0 Å². The highest BCUT2D eigenvalue weighted by molar-refractivity contribution is 9.10. The average Bonchev–Trinajstić information content (AvgIpc) is 2.39. The molecule has 1 aromatic heterocycles. The van der Waals surface area contributed by atoms with Crippen molar-refractivity contribution in [3.63, 3.8) is 0 Å². The van der Waals surface area contributed by atoms with Crippen molar-refractivity contribution < 1.29 is 0 Å². The fourth-order valence-electron chi connectivity index (χ4n) is 1.47. The maximum atomic E-state index is 5.88. The van der Waals surface area contributed by atoms with Crippen LogP contribution < -0.4 is 5.73 Å². The normalized spacial score (nSPS) is 15.2. The van der Waals surface area contributed by atoms with Gasteiger partial charge in [-0.15, -0.1) is 0 Å². The summed E-state index contributed by atoms with van der Waals surface area (Å²) in [5, 5.41) is 1.28. The lowest BCUT2D eigenvalue weighted by Gasteiger charge is -2.05. The van der Waals surface area contributed by atoms with Gasteiger partial charge in [-0.1, -0.05) is 20.7 Å². The SMILES string of the molecule is CPC1=Cc2c(N)nc(Br)nc2CC=C1. The van der Waals surface area contributed by atoms with Gasteiger partial charge in [-0.25, -0.2) is 9.97 Å². The van der Waals surface area contributed by atoms with Crippen molar-refractivity contribution >= 4 is 36.4 Å². The van der Waals surface area contributed by atoms with Crippen LogP contribution in [-0.4, -0.2) is 16.6 Å². The highest BCUT2D eigenvalue weighted by atomic mass is 79.9. The zero-order valence-corrected chi connectivity index (χ0v) is 10.9. The van der Waals surface area contributed by atoms with E-state index in [0.717, 1.165) is 26.3 Å². The Hall–Kier alpha value is -0.730. The van der Waals surface area contributed by atoms with E-state index in [1.54, 1.807) is 0 Å². The molecular formula is C10H11BrN3P. The molecule has 1 atom stereocenters. The molecule has 0 saturated carbocycles. The topological polar surface area (TPSA) is 51.8 Å². The molecule has 2 rings (SSSR count). The Balaban J connectivity index is 2.58. The van der Waals surface area contributed by atoms with Crippen LogP contribution in [0.15, 0.2) is 22.2 Å². The van der Waals surface area contributed by atoms with Crippen LogP contribution >= 0.6 is 24.5 Å². The van der Waals surface area contributed by atoms with Crippen molar-refractivity contribution in [3.05, 3.63) is 33.5 Å². The monoisotopic (exact) mass is 283 g/mol. The zero-order chi connectivity index (χ0) is 10.8. The molecule has 0 amide bonds. The van der Waals surface area contributed by atoms with Gasteiger partial charge in [-0.05, 0) is 34.0 Å². The van der Waals surface area contributed by atoms with E-state index in [1.807, 2.05) is 0 Å². The molecule has 78 valence electrons. The van der Waals surface area contributed by atoms with E-state index in [0.29, 0.717) is 10.6 Å². The quantitative estimate of drug-likeness (QED) is 0.637. The number of hydrogen-bond acceptors (Lipinski definition) is 3. The molecule has 1 aliphatic carbocycles. The number of halogens is 1. The Kier molecular flexibility index (Phi) is 3.17. The summed E-state index contributed by atoms with van der Waals surface area (Å²) in [4.78, 5) is 8.45. The van der Waals surface area contributed by atoms with Gasteiger partial charge < -0.3 is 5.73 Å². The molecule has 5 heteroatoms. The van der Waals surface area contributed by atoms with Crippen LogP contribution in [-0.2, 0) is 6.42 Å². The van der Waals surface area contributed by atoms with Crippen molar-refractivity contribution in [1.82, 2.24) is 9.97 Å². The van der Waals surface area contributed by atoms with Crippen LogP contribution in [0.4, 0.5) is 5.82 Å². The van der Waals surface area contributed by atoms with E-state index in [-0.39, 0.29) is 0 Å². The molecule has 0 fully saturated rings. The van der Waals surface area contributed by atoms with Gasteiger partial charge in [-0.3, -0.25) is 0 Å². The highest BCUT2D eigenvalue weighted by Crippen LogP contribution is 2.29. The number of fused-ring (bicyclic) bond motifs is 1. The number of allylic oxidation sites excluding steroid dienone is 3. The van der Waals surface area contributed by atoms with Crippen molar-refractivity contribution in [2.75, 3.05) is 12.4 Å². The molecule has 2 N–H and O–H groups in total. The number of aromatic nitrogens is 2. The third-order valence-corrected chi connectivity index (χ3v) is 3.47. The molecule has 0 spiro atoms. The van der Waals surface area contributed by atoms with Gasteiger partial charge in [-0.2, -0.15) is 0 Å². The summed E-state index contributed by atoms with van der Waals surface area (Å²) in [5.74, 6) is 0.548. The van der Waals surface area contributed by atoms with E-state index >= 15 is 0 Å². The maximum absolute atomic E-state index is 5.88. The van der Waals surface area contributed by atoms with E-state index in [2.05, 4.69) is 50.8 Å². The molecule has 3 nitrogen and oxygen atoms in total. The molecule has 0 saturated heterocycles. The largest absolute Gasteiger partial charge is 0.383 e. The lowest BCUT2D eigenvalue weighted by atomic mass is 10.2. The minimum atomic E-state index is 0.548. The fraction of sp³-hybridized carbons (Fsp3) is 0.200. The summed E-state index contributed by atoms with van der Waals surface area (Å²) >= 11 is 3.25. The Morgan fingerprint density at radius 1 is 1.47 bits per heavy atom. The Labute approximate surface area is 98.8 Å². The molecule has 1 aromatic rings. The van der Waals surface area contributed by atoms with E-state index in [1.165, 1.54) is 5.31 Å². The summed E-state index contributed by atoms with van der Waals surface area (Å²) in [6.45, 7) is 2.15. The summed E-state index contributed by atoms with van der Waals surface area (Å²) in [7, 11) is 0.760. The van der Waals surface area contributed by atoms with Crippen LogP contribution in [0.2, 0.25) is 0 Å². The number of rotatable bonds is 1. The second kappa shape index (κ2) is 4.42. The van der Waals surface area contributed by atoms with E-state index < -0.39 is 0 Å². The second-order valence-corrected chi connectivity index (χ2v) is 4.98. The standard InChI is InChI=1S/C10H11BrN3P/c1-15-6-3-2-4-8-7(5-6)9(12)14-10(11)13-8/h2-3,5,15H,4H2,1H3,(H2,12,13,14). The molecule has 0 aromatic carbocycles. The molecule has 0 bridgehead atoms. The predicted octanol–water partition coefficient (Wildman–Crippen LogP) is 2.58. The number of hydrogen-bond donors (Lipinski definition) is 1. The minimum Gasteiger partial charge on any atom is -0.383 e. The van der Waals surface area contributed by atoms with Crippen molar-refractivity contribution in [1.29, 1.82) is 0 Å². The summed E-state index contributed by atoms with van der Waals surface area (Å²) in [5.41, 5.74) is 7.83. The van der Waals surface area contributed by atoms with Gasteiger partial charge in [0.25, 0.3) is 0 Å². The van der Waals surface area contributed by atoms with Crippen molar-refractivity contribution in [2.24, 2.45) is 0 Å². The first-order valence-electron chi connectivity index (χ1n) is 4.58. The molecular weight excluding hydrogens is 273 g/mol. The van der Waals surface area contributed by atoms with Crippen molar-refractivity contribution in [3.8, 4) is 0 Å². The van der Waals surface area contributed by atoms with Gasteiger partial charge in [0.05, 0.1) is 5.69 Å². The minimum absolute atomic E-state index is 0.548. The van der Waals surface area contributed by atoms with Crippen LogP contribution in [0.25, 0.3) is 6.08 Å². The lowest BCUT2D eigenvalue weighted by molar-refractivity contribution is 1.02. The average molecular weight is 284 g/mol. The summed E-state index contributed by atoms with van der Waals surface area (Å²) < 4.78 is 0.558. The van der Waals surface area contributed by atoms with Gasteiger partial charge in [0.1, 0.15) is 5.82 Å². The Morgan fingerprint density at radius 3 is 3.00 bits per heavy atom. The zero-order valence-electron chi connectivity index (χ0n) is 8.29. The van der Waals surface area contributed by atoms with E-state index in [4.69, 9.17) is 5.73 Å². The van der Waals surface area contributed by atoms with Gasteiger partial charge in [0.15, 0.2) is 4.73 Å². The molecule has 0 aliphatic heterocycles. The van der Waals surface area contributed by atoms with Crippen LogP contribution in [0.3, 0.4) is 0 Å². The highest BCUT2D eigenvalue weighted by Gasteiger charge is 2.10. The number of nitrogens with two attached hydrogens (primary N) is 1. The van der Waals surface area contributed by atoms with Crippen molar-refractivity contribution in [2.45, 2.75) is 6.42 Å². The Morgan fingerprint density at radius 2 is 2.27 bits per heavy atom. The molecule has 15 heavy (non-hydrogen) atoms. The number of anilines is 1. The smallest absolute Gasteiger partial charge is 0.198 e. The predicted molar refractivity (Wildman–Crippen MR) is 69.2 cm³/mol. The molecule has 1 heterocycles. The van der Waals surface area contributed by atoms with Gasteiger partial charge >= 0.3 is 0 Å². The lowest BCUT2D eigenvalue weighted by Crippen LogP contribution is -2.02. The summed E-state index contributed by atoms with van der Waals surface area (Å²) in [6, 6.07) is 0. The summed E-state index contributed by atoms with van der Waals surface area (Å²) in [6.07, 6.45) is 7.14. The van der Waals surface area contributed by atoms with Crippen LogP contribution in [0.1, 0.15) is 11.3 Å². The molecule has 1 aliphatic rings. The Bertz CT molecular complexity index is 454. The van der Waals surface area contributed by atoms with Crippen LogP contribution in [0, 0.1) is 0 Å². The molecule has 0 radical (unpaired) electrons. The first-order chi connectivity index (χ1) is 7.20. The van der Waals surface area contributed by atoms with Gasteiger partial charge in [0.2, 0.25) is 0 Å². The van der Waals surface area contributed by atoms with E-state index in [9.17, 15) is 0 Å². The third kappa shape index (κ3) is 2.27.